The van der Waals surface area contributed by atoms with Gasteiger partial charge in [-0.15, -0.1) is 0 Å². The van der Waals surface area contributed by atoms with Crippen molar-refractivity contribution in [2.24, 2.45) is 0 Å². The normalized spacial score (nSPS) is 11.4. The van der Waals surface area contributed by atoms with Crippen molar-refractivity contribution in [2.45, 2.75) is 33.3 Å². The van der Waals surface area contributed by atoms with Crippen molar-refractivity contribution >= 4 is 17.3 Å². The number of anilines is 2. The number of nitrogen functional groups attached to an aromatic ring is 1. The van der Waals surface area contributed by atoms with Crippen molar-refractivity contribution in [1.82, 2.24) is 0 Å². The van der Waals surface area contributed by atoms with Crippen molar-refractivity contribution in [3.8, 4) is 0 Å². The summed E-state index contributed by atoms with van der Waals surface area (Å²) in [6.45, 7) is 8.64. The lowest BCUT2D eigenvalue weighted by molar-refractivity contribution is -0.121. The summed E-state index contributed by atoms with van der Waals surface area (Å²) in [7, 11) is 0. The van der Waals surface area contributed by atoms with Crippen LogP contribution in [-0.4, -0.2) is 31.3 Å². The largest absolute Gasteiger partial charge is 0.397 e. The molecule has 3 N–H and O–H groups in total. The molecule has 0 aliphatic heterocycles. The topological polar surface area (TPSA) is 73.6 Å². The van der Waals surface area contributed by atoms with E-state index in [1.807, 2.05) is 39.8 Å². The SMILES string of the molecule is Cc1cccc(N)c1NC(=O)COCCOC(C)(C)C. The zero-order valence-electron chi connectivity index (χ0n) is 12.7. The lowest BCUT2D eigenvalue weighted by Gasteiger charge is -2.19. The molecule has 112 valence electrons. The summed E-state index contributed by atoms with van der Waals surface area (Å²) in [6, 6.07) is 5.49. The number of ether oxygens (including phenoxy) is 2. The van der Waals surface area contributed by atoms with Crippen LogP contribution < -0.4 is 11.1 Å². The predicted octanol–water partition coefficient (Wildman–Crippen LogP) is 2.35. The first kappa shape index (κ1) is 16.5. The molecule has 0 radical (unpaired) electrons. The number of nitrogens with two attached hydrogens (primary N) is 1. The highest BCUT2D eigenvalue weighted by Crippen LogP contribution is 2.22. The van der Waals surface area contributed by atoms with Gasteiger partial charge in [0.2, 0.25) is 5.91 Å². The van der Waals surface area contributed by atoms with Crippen molar-refractivity contribution in [1.29, 1.82) is 0 Å². The molecule has 5 heteroatoms. The van der Waals surface area contributed by atoms with Crippen LogP contribution in [0.1, 0.15) is 26.3 Å². The summed E-state index contributed by atoms with van der Waals surface area (Å²) in [5.74, 6) is -0.221. The minimum absolute atomic E-state index is 0.0126. The first-order valence-corrected chi connectivity index (χ1v) is 6.66. The lowest BCUT2D eigenvalue weighted by Crippen LogP contribution is -2.24. The molecule has 1 rings (SSSR count). The fraction of sp³-hybridized carbons (Fsp3) is 0.533. The molecule has 0 fully saturated rings. The van der Waals surface area contributed by atoms with Crippen molar-refractivity contribution < 1.29 is 14.3 Å². The zero-order chi connectivity index (χ0) is 15.2. The van der Waals surface area contributed by atoms with Gasteiger partial charge in [-0.3, -0.25) is 4.79 Å². The number of rotatable bonds is 6. The molecule has 20 heavy (non-hydrogen) atoms. The summed E-state index contributed by atoms with van der Waals surface area (Å²) in [5.41, 5.74) is 7.75. The smallest absolute Gasteiger partial charge is 0.250 e. The maximum atomic E-state index is 11.7. The van der Waals surface area contributed by atoms with Crippen LogP contribution in [0.5, 0.6) is 0 Å². The summed E-state index contributed by atoms with van der Waals surface area (Å²) in [6.07, 6.45) is 0. The molecule has 0 saturated carbocycles. The number of nitrogens with one attached hydrogen (secondary N) is 1. The Morgan fingerprint density at radius 3 is 2.60 bits per heavy atom. The van der Waals surface area contributed by atoms with Crippen LogP contribution in [0.25, 0.3) is 0 Å². The molecular weight excluding hydrogens is 256 g/mol. The summed E-state index contributed by atoms with van der Waals surface area (Å²) >= 11 is 0. The van der Waals surface area contributed by atoms with E-state index in [4.69, 9.17) is 15.2 Å². The first-order valence-electron chi connectivity index (χ1n) is 6.66. The van der Waals surface area contributed by atoms with Gasteiger partial charge in [0.1, 0.15) is 6.61 Å². The van der Waals surface area contributed by atoms with E-state index in [2.05, 4.69) is 5.32 Å². The van der Waals surface area contributed by atoms with Crippen molar-refractivity contribution in [3.63, 3.8) is 0 Å². The third-order valence-electron chi connectivity index (χ3n) is 2.57. The van der Waals surface area contributed by atoms with Gasteiger partial charge >= 0.3 is 0 Å². The fourth-order valence-corrected chi connectivity index (χ4v) is 1.61. The number of para-hydroxylation sites is 1. The van der Waals surface area contributed by atoms with E-state index in [9.17, 15) is 4.79 Å². The third-order valence-corrected chi connectivity index (χ3v) is 2.57. The Labute approximate surface area is 120 Å². The second-order valence-electron chi connectivity index (χ2n) is 5.60. The van der Waals surface area contributed by atoms with E-state index in [0.717, 1.165) is 5.56 Å². The van der Waals surface area contributed by atoms with Gasteiger partial charge in [0.25, 0.3) is 0 Å². The molecule has 0 bridgehead atoms. The molecule has 1 aromatic rings. The lowest BCUT2D eigenvalue weighted by atomic mass is 10.1. The molecular formula is C15H24N2O3. The van der Waals surface area contributed by atoms with Crippen LogP contribution in [0.3, 0.4) is 0 Å². The average molecular weight is 280 g/mol. The van der Waals surface area contributed by atoms with Crippen LogP contribution in [0.15, 0.2) is 18.2 Å². The van der Waals surface area contributed by atoms with Gasteiger partial charge in [-0.1, -0.05) is 12.1 Å². The number of aryl methyl sites for hydroxylation is 1. The summed E-state index contributed by atoms with van der Waals surface area (Å²) in [5, 5.41) is 2.76. The zero-order valence-corrected chi connectivity index (χ0v) is 12.7. The number of amides is 1. The third kappa shape index (κ3) is 6.04. The molecule has 0 unspecified atom stereocenters. The van der Waals surface area contributed by atoms with E-state index in [1.165, 1.54) is 0 Å². The van der Waals surface area contributed by atoms with E-state index in [0.29, 0.717) is 24.6 Å². The maximum Gasteiger partial charge on any atom is 0.250 e. The van der Waals surface area contributed by atoms with E-state index in [-0.39, 0.29) is 18.1 Å². The van der Waals surface area contributed by atoms with Crippen molar-refractivity contribution in [3.05, 3.63) is 23.8 Å². The minimum atomic E-state index is -0.221. The molecule has 1 amide bonds. The second kappa shape index (κ2) is 7.26. The Bertz CT molecular complexity index is 433. The highest BCUT2D eigenvalue weighted by Gasteiger charge is 2.10. The Morgan fingerprint density at radius 2 is 2.00 bits per heavy atom. The molecule has 0 spiro atoms. The summed E-state index contributed by atoms with van der Waals surface area (Å²) < 4.78 is 10.8. The molecule has 0 atom stereocenters. The number of hydrogen-bond acceptors (Lipinski definition) is 4. The Hall–Kier alpha value is -1.59. The van der Waals surface area contributed by atoms with Crippen LogP contribution in [-0.2, 0) is 14.3 Å². The number of carbonyl (C=O) groups is 1. The van der Waals surface area contributed by atoms with Gasteiger partial charge in [0.15, 0.2) is 0 Å². The average Bonchev–Trinajstić information content (AvgIpc) is 2.32. The van der Waals surface area contributed by atoms with Gasteiger partial charge in [0.05, 0.1) is 30.2 Å². The highest BCUT2D eigenvalue weighted by molar-refractivity contribution is 5.95. The highest BCUT2D eigenvalue weighted by atomic mass is 16.5. The van der Waals surface area contributed by atoms with Crippen molar-refractivity contribution in [2.75, 3.05) is 30.9 Å². The standard InChI is InChI=1S/C15H24N2O3/c1-11-6-5-7-12(16)14(11)17-13(18)10-19-8-9-20-15(2,3)4/h5-7H,8-10,16H2,1-4H3,(H,17,18). The molecule has 0 aliphatic carbocycles. The van der Waals surface area contributed by atoms with Gasteiger partial charge in [-0.05, 0) is 39.3 Å². The fourth-order valence-electron chi connectivity index (χ4n) is 1.61. The van der Waals surface area contributed by atoms with E-state index >= 15 is 0 Å². The maximum absolute atomic E-state index is 11.7. The van der Waals surface area contributed by atoms with Gasteiger partial charge in [0, 0.05) is 0 Å². The molecule has 0 aliphatic rings. The Balaban J connectivity index is 2.31. The number of hydrogen-bond donors (Lipinski definition) is 2. The Morgan fingerprint density at radius 1 is 1.30 bits per heavy atom. The van der Waals surface area contributed by atoms with Gasteiger partial charge in [-0.2, -0.15) is 0 Å². The van der Waals surface area contributed by atoms with E-state index < -0.39 is 0 Å². The molecule has 1 aromatic carbocycles. The van der Waals surface area contributed by atoms with Crippen LogP contribution in [0, 0.1) is 6.92 Å². The predicted molar refractivity (Wildman–Crippen MR) is 80.7 cm³/mol. The molecule has 5 nitrogen and oxygen atoms in total. The van der Waals surface area contributed by atoms with Gasteiger partial charge < -0.3 is 20.5 Å². The molecule has 0 saturated heterocycles. The molecule has 0 heterocycles. The quantitative estimate of drug-likeness (QED) is 0.619. The Kier molecular flexibility index (Phi) is 5.98. The van der Waals surface area contributed by atoms with E-state index in [1.54, 1.807) is 6.07 Å². The molecule has 0 aromatic heterocycles. The number of carbonyl (C=O) groups excluding carboxylic acids is 1. The van der Waals surface area contributed by atoms with Crippen LogP contribution >= 0.6 is 0 Å². The first-order chi connectivity index (χ1) is 9.29. The minimum Gasteiger partial charge on any atom is -0.397 e. The van der Waals surface area contributed by atoms with Gasteiger partial charge in [-0.25, -0.2) is 0 Å². The summed E-state index contributed by atoms with van der Waals surface area (Å²) in [4.78, 5) is 11.7. The monoisotopic (exact) mass is 280 g/mol. The van der Waals surface area contributed by atoms with Crippen LogP contribution in [0.2, 0.25) is 0 Å². The second-order valence-corrected chi connectivity index (χ2v) is 5.60. The number of benzene rings is 1. The van der Waals surface area contributed by atoms with Crippen LogP contribution in [0.4, 0.5) is 11.4 Å².